The number of fused-ring (bicyclic) bond motifs is 2. The highest BCUT2D eigenvalue weighted by molar-refractivity contribution is 6.30. The Morgan fingerprint density at radius 3 is 2.62 bits per heavy atom. The van der Waals surface area contributed by atoms with Gasteiger partial charge in [-0.2, -0.15) is 0 Å². The number of nitrogens with one attached hydrogen (secondary N) is 1. The Kier molecular flexibility index (Phi) is 10.4. The van der Waals surface area contributed by atoms with Gasteiger partial charge in [-0.25, -0.2) is 4.79 Å². The normalized spacial score (nSPS) is 20.1. The highest BCUT2D eigenvalue weighted by Crippen LogP contribution is 2.38. The first-order chi connectivity index (χ1) is 21.4. The number of aromatic nitrogens is 1. The quantitative estimate of drug-likeness (QED) is 0.364. The van der Waals surface area contributed by atoms with Crippen molar-refractivity contribution in [3.05, 3.63) is 76.2 Å². The second-order valence-corrected chi connectivity index (χ2v) is 14.2. The maximum Gasteiger partial charge on any atom is 0.411 e. The molecular weight excluding hydrogens is 588 g/mol. The Hall–Kier alpha value is -3.14. The summed E-state index contributed by atoms with van der Waals surface area (Å²) in [6.07, 6.45) is 6.05. The second kappa shape index (κ2) is 14.1. The third kappa shape index (κ3) is 8.18. The van der Waals surface area contributed by atoms with Crippen LogP contribution in [-0.2, 0) is 22.4 Å². The minimum absolute atomic E-state index is 0.0345. The van der Waals surface area contributed by atoms with E-state index in [-0.39, 0.29) is 11.9 Å². The van der Waals surface area contributed by atoms with Crippen molar-refractivity contribution in [3.8, 4) is 0 Å². The minimum atomic E-state index is -0.693. The zero-order valence-corrected chi connectivity index (χ0v) is 28.3. The van der Waals surface area contributed by atoms with Crippen LogP contribution in [0, 0.1) is 5.92 Å². The van der Waals surface area contributed by atoms with E-state index in [4.69, 9.17) is 21.3 Å². The molecule has 0 spiro atoms. The molecule has 2 aromatic rings. The van der Waals surface area contributed by atoms with Gasteiger partial charge in [0.1, 0.15) is 11.6 Å². The van der Waals surface area contributed by atoms with Crippen LogP contribution in [0.25, 0.3) is 0 Å². The van der Waals surface area contributed by atoms with E-state index in [0.29, 0.717) is 56.8 Å². The molecule has 2 fully saturated rings. The Morgan fingerprint density at radius 1 is 1.16 bits per heavy atom. The summed E-state index contributed by atoms with van der Waals surface area (Å²) in [7, 11) is 3.90. The second-order valence-electron chi connectivity index (χ2n) is 13.7. The molecule has 2 heterocycles. The van der Waals surface area contributed by atoms with Crippen molar-refractivity contribution < 1.29 is 14.3 Å². The first kappa shape index (κ1) is 33.2. The average Bonchev–Trinajstić information content (AvgIpc) is 3.84. The van der Waals surface area contributed by atoms with Crippen molar-refractivity contribution in [3.63, 3.8) is 0 Å². The molecule has 244 valence electrons. The summed E-state index contributed by atoms with van der Waals surface area (Å²) in [4.78, 5) is 41.2. The van der Waals surface area contributed by atoms with Crippen molar-refractivity contribution in [2.24, 2.45) is 5.92 Å². The van der Waals surface area contributed by atoms with Crippen molar-refractivity contribution in [2.45, 2.75) is 70.6 Å². The summed E-state index contributed by atoms with van der Waals surface area (Å²) in [5.41, 5.74) is 4.85. The van der Waals surface area contributed by atoms with Crippen LogP contribution in [0.1, 0.15) is 68.5 Å². The number of halogens is 1. The van der Waals surface area contributed by atoms with Gasteiger partial charge in [0.15, 0.2) is 0 Å². The van der Waals surface area contributed by atoms with Gasteiger partial charge in [0.2, 0.25) is 5.91 Å². The molecule has 1 aliphatic heterocycles. The number of hydrogen-bond acceptors (Lipinski definition) is 7. The van der Waals surface area contributed by atoms with Gasteiger partial charge in [-0.15, -0.1) is 0 Å². The molecule has 0 unspecified atom stereocenters. The van der Waals surface area contributed by atoms with E-state index >= 15 is 0 Å². The third-order valence-corrected chi connectivity index (χ3v) is 9.27. The molecule has 1 aromatic carbocycles. The van der Waals surface area contributed by atoms with Gasteiger partial charge in [0, 0.05) is 63.1 Å². The lowest BCUT2D eigenvalue weighted by Crippen LogP contribution is -2.62. The number of piperazine rings is 1. The molecule has 9 nitrogen and oxygen atoms in total. The van der Waals surface area contributed by atoms with Gasteiger partial charge in [-0.3, -0.25) is 19.6 Å². The van der Waals surface area contributed by atoms with Gasteiger partial charge < -0.3 is 19.9 Å². The lowest BCUT2D eigenvalue weighted by atomic mass is 9.95. The Balaban J connectivity index is 1.47. The number of aryl methyl sites for hydroxylation is 2. The summed E-state index contributed by atoms with van der Waals surface area (Å²) >= 11 is 6.47. The number of rotatable bonds is 10. The summed E-state index contributed by atoms with van der Waals surface area (Å²) < 4.78 is 5.86. The van der Waals surface area contributed by atoms with Gasteiger partial charge in [0.05, 0.1) is 18.4 Å². The molecule has 0 bridgehead atoms. The van der Waals surface area contributed by atoms with Crippen LogP contribution in [0.5, 0.6) is 0 Å². The number of amides is 2. The van der Waals surface area contributed by atoms with Crippen LogP contribution in [0.15, 0.2) is 48.8 Å². The molecule has 10 heteroatoms. The molecular formula is C35H49ClN6O3. The highest BCUT2D eigenvalue weighted by atomic mass is 35.5. The first-order valence-corrected chi connectivity index (χ1v) is 16.6. The SMILES string of the molecule is C=C(CCN(CC1CC1)C(=O)[C@H]1CN([C@H]2c3ccc(Cl)cc3CCc3cccnc32)CCN1C(=O)OC(C)(C)C)N(C)CNC. The third-order valence-electron chi connectivity index (χ3n) is 9.03. The van der Waals surface area contributed by atoms with Crippen LogP contribution in [0.2, 0.25) is 5.02 Å². The van der Waals surface area contributed by atoms with Crippen LogP contribution in [-0.4, -0.2) is 102 Å². The smallest absolute Gasteiger partial charge is 0.411 e. The molecule has 2 amide bonds. The summed E-state index contributed by atoms with van der Waals surface area (Å²) in [5, 5.41) is 3.87. The van der Waals surface area contributed by atoms with E-state index in [1.165, 1.54) is 11.1 Å². The fourth-order valence-corrected chi connectivity index (χ4v) is 6.65. The Labute approximate surface area is 273 Å². The van der Waals surface area contributed by atoms with E-state index in [1.54, 1.807) is 4.90 Å². The summed E-state index contributed by atoms with van der Waals surface area (Å²) in [6.45, 7) is 13.1. The van der Waals surface area contributed by atoms with Gasteiger partial charge in [-0.05, 0) is 94.3 Å². The molecule has 5 rings (SSSR count). The Bertz CT molecular complexity index is 1390. The molecule has 1 saturated carbocycles. The lowest BCUT2D eigenvalue weighted by Gasteiger charge is -2.45. The minimum Gasteiger partial charge on any atom is -0.444 e. The molecule has 3 aliphatic rings. The number of carbonyl (C=O) groups excluding carboxylic acids is 2. The lowest BCUT2D eigenvalue weighted by molar-refractivity contribution is -0.140. The molecule has 2 aliphatic carbocycles. The van der Waals surface area contributed by atoms with Crippen molar-refractivity contribution in [2.75, 3.05) is 53.5 Å². The van der Waals surface area contributed by atoms with E-state index < -0.39 is 17.7 Å². The van der Waals surface area contributed by atoms with E-state index in [2.05, 4.69) is 39.9 Å². The molecule has 1 saturated heterocycles. The standard InChI is InChI=1S/C35H49ClN6O3/c1-24(39(6)23-37-5)15-17-41(21-25-9-10-25)33(43)30-22-40(18-19-42(30)34(44)45-35(2,3)4)32-29-14-13-28(36)20-27(29)12-11-26-8-7-16-38-31(26)32/h7-8,13-14,16,20,25,30,32,37H,1,9-12,15,17-19,21-23H2,2-6H3/t30-,32+/m1/s1. The highest BCUT2D eigenvalue weighted by Gasteiger charge is 2.43. The maximum atomic E-state index is 14.6. The molecule has 1 N–H and O–H groups in total. The molecule has 1 aromatic heterocycles. The fraction of sp³-hybridized carbons (Fsp3) is 0.571. The monoisotopic (exact) mass is 636 g/mol. The van der Waals surface area contributed by atoms with Crippen LogP contribution in [0.4, 0.5) is 4.79 Å². The summed E-state index contributed by atoms with van der Waals surface area (Å²) in [6, 6.07) is 9.40. The van der Waals surface area contributed by atoms with Gasteiger partial charge in [-0.1, -0.05) is 30.3 Å². The number of hydrogen-bond donors (Lipinski definition) is 1. The largest absolute Gasteiger partial charge is 0.444 e. The zero-order valence-electron chi connectivity index (χ0n) is 27.5. The van der Waals surface area contributed by atoms with Gasteiger partial charge >= 0.3 is 6.09 Å². The maximum absolute atomic E-state index is 14.6. The zero-order chi connectivity index (χ0) is 32.3. The summed E-state index contributed by atoms with van der Waals surface area (Å²) in [5.74, 6) is 0.467. The van der Waals surface area contributed by atoms with Crippen LogP contribution < -0.4 is 5.32 Å². The van der Waals surface area contributed by atoms with Crippen LogP contribution >= 0.6 is 11.6 Å². The predicted molar refractivity (Wildman–Crippen MR) is 178 cm³/mol. The van der Waals surface area contributed by atoms with Crippen molar-refractivity contribution >= 4 is 23.6 Å². The predicted octanol–water partition coefficient (Wildman–Crippen LogP) is 5.10. The topological polar surface area (TPSA) is 81.2 Å². The van der Waals surface area contributed by atoms with E-state index in [9.17, 15) is 9.59 Å². The van der Waals surface area contributed by atoms with E-state index in [1.807, 2.05) is 58.1 Å². The Morgan fingerprint density at radius 2 is 1.91 bits per heavy atom. The van der Waals surface area contributed by atoms with Crippen molar-refractivity contribution in [1.82, 2.24) is 29.9 Å². The fourth-order valence-electron chi connectivity index (χ4n) is 6.46. The molecule has 45 heavy (non-hydrogen) atoms. The van der Waals surface area contributed by atoms with Gasteiger partial charge in [0.25, 0.3) is 0 Å². The number of nitrogens with zero attached hydrogens (tertiary/aromatic N) is 5. The van der Waals surface area contributed by atoms with Crippen molar-refractivity contribution in [1.29, 1.82) is 0 Å². The first-order valence-electron chi connectivity index (χ1n) is 16.2. The number of ether oxygens (including phenoxy) is 1. The number of benzene rings is 1. The number of carbonyl (C=O) groups is 2. The van der Waals surface area contributed by atoms with Crippen LogP contribution in [0.3, 0.4) is 0 Å². The molecule has 2 atom stereocenters. The number of pyridine rings is 1. The van der Waals surface area contributed by atoms with E-state index in [0.717, 1.165) is 42.6 Å². The molecule has 0 radical (unpaired) electrons. The average molecular weight is 637 g/mol.